The number of hydrogen-bond donors (Lipinski definition) is 2. The Morgan fingerprint density at radius 1 is 1.90 bits per heavy atom. The highest BCUT2D eigenvalue weighted by atomic mass is 33.1. The third-order valence-electron chi connectivity index (χ3n) is 0.991. The molecular weight excluding hydrogens is 168 g/mol. The van der Waals surface area contributed by atoms with Gasteiger partial charge in [0.1, 0.15) is 0 Å². The smallest absolute Gasteiger partial charge is 0.205 e. The Kier molecular flexibility index (Phi) is 2.82. The standard InChI is InChI=1S/C5H6N2OS2/c8-5(10-9)1-4-2-6-3-7-4/h2-3,9H,1H2,(H,6,7). The van der Waals surface area contributed by atoms with Crippen LogP contribution in [0.4, 0.5) is 0 Å². The van der Waals surface area contributed by atoms with Gasteiger partial charge < -0.3 is 4.98 Å². The van der Waals surface area contributed by atoms with Crippen molar-refractivity contribution in [1.29, 1.82) is 0 Å². The van der Waals surface area contributed by atoms with Crippen LogP contribution >= 0.6 is 22.5 Å². The Labute approximate surface area is 67.4 Å². The summed E-state index contributed by atoms with van der Waals surface area (Å²) in [5.41, 5.74) is 0.826. The minimum atomic E-state index is 0.0209. The molecule has 0 aliphatic heterocycles. The van der Waals surface area contributed by atoms with Crippen LogP contribution in [0, 0.1) is 0 Å². The van der Waals surface area contributed by atoms with Gasteiger partial charge in [-0.25, -0.2) is 4.98 Å². The van der Waals surface area contributed by atoms with Crippen molar-refractivity contribution in [3.63, 3.8) is 0 Å². The molecular formula is C5H6N2OS2. The summed E-state index contributed by atoms with van der Waals surface area (Å²) in [6.45, 7) is 0. The Bertz CT molecular complexity index is 209. The average molecular weight is 174 g/mol. The molecule has 0 bridgehead atoms. The first kappa shape index (κ1) is 7.68. The van der Waals surface area contributed by atoms with Crippen molar-refractivity contribution in [3.8, 4) is 0 Å². The summed E-state index contributed by atoms with van der Waals surface area (Å²) in [5.74, 6) is 0. The molecule has 1 aromatic rings. The minimum Gasteiger partial charge on any atom is -0.348 e. The maximum Gasteiger partial charge on any atom is 0.205 e. The molecule has 0 aliphatic rings. The first-order valence-corrected chi connectivity index (χ1v) is 4.51. The van der Waals surface area contributed by atoms with E-state index in [1.165, 1.54) is 0 Å². The first-order valence-electron chi connectivity index (χ1n) is 2.64. The zero-order valence-electron chi connectivity index (χ0n) is 5.07. The highest BCUT2D eigenvalue weighted by molar-refractivity contribution is 8.74. The van der Waals surface area contributed by atoms with Gasteiger partial charge in [-0.1, -0.05) is 0 Å². The van der Waals surface area contributed by atoms with E-state index in [2.05, 4.69) is 21.6 Å². The normalized spacial score (nSPS) is 9.70. The van der Waals surface area contributed by atoms with Crippen molar-refractivity contribution in [3.05, 3.63) is 18.2 Å². The number of carbonyl (C=O) groups is 1. The Morgan fingerprint density at radius 2 is 2.70 bits per heavy atom. The lowest BCUT2D eigenvalue weighted by atomic mass is 10.4. The summed E-state index contributed by atoms with van der Waals surface area (Å²) < 4.78 is 0. The van der Waals surface area contributed by atoms with Crippen LogP contribution in [0.15, 0.2) is 12.5 Å². The van der Waals surface area contributed by atoms with Gasteiger partial charge in [-0.05, 0) is 10.8 Å². The van der Waals surface area contributed by atoms with Crippen LogP contribution in [0.2, 0.25) is 0 Å². The second-order valence-corrected chi connectivity index (χ2v) is 2.90. The molecule has 0 unspecified atom stereocenters. The molecule has 0 saturated carbocycles. The molecule has 0 amide bonds. The number of thiol groups is 1. The quantitative estimate of drug-likeness (QED) is 0.520. The minimum absolute atomic E-state index is 0.0209. The molecule has 5 heteroatoms. The average Bonchev–Trinajstić information content (AvgIpc) is 2.40. The van der Waals surface area contributed by atoms with Gasteiger partial charge in [0, 0.05) is 11.9 Å². The number of carbonyl (C=O) groups excluding carboxylic acids is 1. The van der Waals surface area contributed by atoms with Crippen LogP contribution in [-0.2, 0) is 11.2 Å². The molecule has 1 aromatic heterocycles. The number of hydrogen-bond acceptors (Lipinski definition) is 4. The zero-order chi connectivity index (χ0) is 7.40. The van der Waals surface area contributed by atoms with Gasteiger partial charge in [-0.3, -0.25) is 4.79 Å². The molecule has 0 spiro atoms. The molecule has 0 fully saturated rings. The van der Waals surface area contributed by atoms with Crippen molar-refractivity contribution in [2.24, 2.45) is 0 Å². The summed E-state index contributed by atoms with van der Waals surface area (Å²) >= 11 is 3.76. The summed E-state index contributed by atoms with van der Waals surface area (Å²) in [6.07, 6.45) is 3.54. The Morgan fingerprint density at radius 3 is 3.20 bits per heavy atom. The molecule has 0 saturated heterocycles. The maximum atomic E-state index is 10.7. The number of aromatic nitrogens is 2. The summed E-state index contributed by atoms with van der Waals surface area (Å²) in [5, 5.41) is 0.0209. The lowest BCUT2D eigenvalue weighted by Gasteiger charge is -1.89. The van der Waals surface area contributed by atoms with Crippen LogP contribution in [0.5, 0.6) is 0 Å². The lowest BCUT2D eigenvalue weighted by Crippen LogP contribution is -1.94. The summed E-state index contributed by atoms with van der Waals surface area (Å²) in [7, 11) is 0.931. The van der Waals surface area contributed by atoms with Crippen molar-refractivity contribution in [2.75, 3.05) is 0 Å². The summed E-state index contributed by atoms with van der Waals surface area (Å²) in [6, 6.07) is 0. The van der Waals surface area contributed by atoms with Gasteiger partial charge in [0.2, 0.25) is 5.12 Å². The van der Waals surface area contributed by atoms with E-state index < -0.39 is 0 Å². The maximum absolute atomic E-state index is 10.7. The van der Waals surface area contributed by atoms with Crippen LogP contribution in [0.1, 0.15) is 5.69 Å². The van der Waals surface area contributed by atoms with Crippen molar-refractivity contribution in [2.45, 2.75) is 6.42 Å². The molecule has 0 aromatic carbocycles. The van der Waals surface area contributed by atoms with Gasteiger partial charge in [0.15, 0.2) is 0 Å². The third-order valence-corrected chi connectivity index (χ3v) is 1.95. The van der Waals surface area contributed by atoms with Gasteiger partial charge in [0.05, 0.1) is 12.7 Å². The Balaban J connectivity index is 2.48. The van der Waals surface area contributed by atoms with E-state index in [1.54, 1.807) is 12.5 Å². The third kappa shape index (κ3) is 2.07. The predicted molar refractivity (Wildman–Crippen MR) is 43.9 cm³/mol. The Hall–Kier alpha value is -0.420. The fraction of sp³-hybridized carbons (Fsp3) is 0.200. The highest BCUT2D eigenvalue weighted by Gasteiger charge is 2.01. The fourth-order valence-corrected chi connectivity index (χ4v) is 0.983. The van der Waals surface area contributed by atoms with Crippen molar-refractivity contribution in [1.82, 2.24) is 9.97 Å². The fourth-order valence-electron chi connectivity index (χ4n) is 0.569. The highest BCUT2D eigenvalue weighted by Crippen LogP contribution is 2.09. The molecule has 54 valence electrons. The number of rotatable bonds is 2. The predicted octanol–water partition coefficient (Wildman–Crippen LogP) is 1.06. The second kappa shape index (κ2) is 3.68. The van der Waals surface area contributed by atoms with Gasteiger partial charge >= 0.3 is 0 Å². The van der Waals surface area contributed by atoms with Crippen LogP contribution < -0.4 is 0 Å². The molecule has 0 atom stereocenters. The summed E-state index contributed by atoms with van der Waals surface area (Å²) in [4.78, 5) is 17.3. The monoisotopic (exact) mass is 174 g/mol. The van der Waals surface area contributed by atoms with Gasteiger partial charge in [-0.2, -0.15) is 0 Å². The molecule has 0 aliphatic carbocycles. The number of nitrogens with zero attached hydrogens (tertiary/aromatic N) is 1. The zero-order valence-corrected chi connectivity index (χ0v) is 6.78. The van der Waals surface area contributed by atoms with E-state index in [0.717, 1.165) is 16.5 Å². The van der Waals surface area contributed by atoms with Crippen LogP contribution in [0.3, 0.4) is 0 Å². The van der Waals surface area contributed by atoms with Crippen LogP contribution in [0.25, 0.3) is 0 Å². The molecule has 1 heterocycles. The van der Waals surface area contributed by atoms with Crippen molar-refractivity contribution < 1.29 is 4.79 Å². The van der Waals surface area contributed by atoms with E-state index in [0.29, 0.717) is 6.42 Å². The number of H-pyrrole nitrogens is 1. The van der Waals surface area contributed by atoms with E-state index in [4.69, 9.17) is 0 Å². The van der Waals surface area contributed by atoms with Crippen LogP contribution in [-0.4, -0.2) is 15.1 Å². The van der Waals surface area contributed by atoms with E-state index in [9.17, 15) is 4.79 Å². The molecule has 1 rings (SSSR count). The van der Waals surface area contributed by atoms with E-state index >= 15 is 0 Å². The topological polar surface area (TPSA) is 45.8 Å². The van der Waals surface area contributed by atoms with Crippen molar-refractivity contribution >= 4 is 27.6 Å². The largest absolute Gasteiger partial charge is 0.348 e. The van der Waals surface area contributed by atoms with E-state index in [-0.39, 0.29) is 5.12 Å². The lowest BCUT2D eigenvalue weighted by molar-refractivity contribution is -0.110. The van der Waals surface area contributed by atoms with E-state index in [1.807, 2.05) is 0 Å². The van der Waals surface area contributed by atoms with Gasteiger partial charge in [-0.15, -0.1) is 11.7 Å². The number of nitrogens with one attached hydrogen (secondary N) is 1. The molecule has 3 nitrogen and oxygen atoms in total. The molecule has 10 heavy (non-hydrogen) atoms. The van der Waals surface area contributed by atoms with Gasteiger partial charge in [0.25, 0.3) is 0 Å². The first-order chi connectivity index (χ1) is 4.83. The second-order valence-electron chi connectivity index (χ2n) is 1.72. The number of imidazole rings is 1. The molecule has 1 N–H and O–H groups in total. The molecule has 0 radical (unpaired) electrons. The number of aromatic amines is 1. The SMILES string of the molecule is O=C(Cc1cnc[nH]1)SS.